The number of urea groups is 1. The third-order valence-electron chi connectivity index (χ3n) is 9.24. The van der Waals surface area contributed by atoms with Crippen molar-refractivity contribution in [1.82, 2.24) is 19.7 Å². The first kappa shape index (κ1) is 26.5. The van der Waals surface area contributed by atoms with Gasteiger partial charge in [-0.25, -0.2) is 9.78 Å². The average Bonchev–Trinajstić information content (AvgIpc) is 3.16. The Morgan fingerprint density at radius 2 is 1.84 bits per heavy atom. The smallest absolute Gasteiger partial charge is 0.320 e. The van der Waals surface area contributed by atoms with Crippen LogP contribution in [0.5, 0.6) is 5.88 Å². The van der Waals surface area contributed by atoms with Gasteiger partial charge in [-0.05, 0) is 70.2 Å². The molecular weight excluding hydrogens is 478 g/mol. The second-order valence-corrected chi connectivity index (χ2v) is 11.5. The van der Waals surface area contributed by atoms with Crippen LogP contribution in [-0.4, -0.2) is 78.0 Å². The summed E-state index contributed by atoms with van der Waals surface area (Å²) in [7, 11) is 5.92. The van der Waals surface area contributed by atoms with E-state index in [2.05, 4.69) is 64.5 Å². The summed E-state index contributed by atoms with van der Waals surface area (Å²) in [6.45, 7) is 1.97. The van der Waals surface area contributed by atoms with Gasteiger partial charge >= 0.3 is 6.03 Å². The number of amides is 3. The number of aromatic nitrogens is 1. The fraction of sp³-hybridized carbons (Fsp3) is 0.567. The molecule has 1 aliphatic heterocycles. The monoisotopic (exact) mass is 519 g/mol. The van der Waals surface area contributed by atoms with Crippen molar-refractivity contribution in [2.24, 2.45) is 5.92 Å². The minimum Gasteiger partial charge on any atom is -0.481 e. The predicted octanol–water partition coefficient (Wildman–Crippen LogP) is 4.73. The maximum atomic E-state index is 13.7. The molecule has 2 aliphatic carbocycles. The third-order valence-corrected chi connectivity index (χ3v) is 9.24. The highest BCUT2D eigenvalue weighted by Gasteiger charge is 2.54. The van der Waals surface area contributed by atoms with Crippen LogP contribution >= 0.6 is 0 Å². The van der Waals surface area contributed by atoms with Gasteiger partial charge in [0.15, 0.2) is 0 Å². The largest absolute Gasteiger partial charge is 0.481 e. The second kappa shape index (κ2) is 10.9. The minimum absolute atomic E-state index is 0.0165. The van der Waals surface area contributed by atoms with Crippen molar-refractivity contribution in [2.75, 3.05) is 46.2 Å². The average molecular weight is 520 g/mol. The molecule has 1 N–H and O–H groups in total. The Kier molecular flexibility index (Phi) is 7.61. The van der Waals surface area contributed by atoms with Gasteiger partial charge in [0, 0.05) is 37.7 Å². The lowest BCUT2D eigenvalue weighted by Crippen LogP contribution is -2.56. The number of anilines is 1. The highest BCUT2D eigenvalue weighted by Crippen LogP contribution is 2.49. The number of carbonyl (C=O) groups is 2. The van der Waals surface area contributed by atoms with E-state index in [0.29, 0.717) is 30.6 Å². The lowest BCUT2D eigenvalue weighted by Gasteiger charge is -2.51. The van der Waals surface area contributed by atoms with Crippen molar-refractivity contribution < 1.29 is 14.3 Å². The zero-order valence-corrected chi connectivity index (χ0v) is 23.0. The van der Waals surface area contributed by atoms with E-state index in [1.165, 1.54) is 24.8 Å². The van der Waals surface area contributed by atoms with Gasteiger partial charge in [-0.3, -0.25) is 9.69 Å². The van der Waals surface area contributed by atoms with Gasteiger partial charge in [0.25, 0.3) is 0 Å². The number of hydrogen-bond acceptors (Lipinski definition) is 5. The van der Waals surface area contributed by atoms with Crippen LogP contribution in [0, 0.1) is 5.92 Å². The van der Waals surface area contributed by atoms with E-state index in [0.717, 1.165) is 32.2 Å². The summed E-state index contributed by atoms with van der Waals surface area (Å²) in [5, 5.41) is 2.89. The van der Waals surface area contributed by atoms with E-state index in [9.17, 15) is 9.59 Å². The summed E-state index contributed by atoms with van der Waals surface area (Å²) >= 11 is 0. The van der Waals surface area contributed by atoms with E-state index < -0.39 is 0 Å². The highest BCUT2D eigenvalue weighted by molar-refractivity contribution is 5.91. The molecule has 0 unspecified atom stereocenters. The van der Waals surface area contributed by atoms with Gasteiger partial charge < -0.3 is 19.9 Å². The molecule has 3 fully saturated rings. The molecule has 1 aromatic carbocycles. The summed E-state index contributed by atoms with van der Waals surface area (Å²) in [6.07, 6.45) is 9.50. The van der Waals surface area contributed by atoms with Crippen molar-refractivity contribution in [3.8, 4) is 5.88 Å². The van der Waals surface area contributed by atoms with Crippen LogP contribution in [0.2, 0.25) is 0 Å². The standard InChI is InChI=1S/C30H41N5O3/c1-33(2)30(24-10-5-4-6-11-24)17-15-29(16-18-30)22-34(28(37)35(29)21-23-8-7-9-23)19-14-26(36)32-25-12-13-27(38-3)31-20-25/h4-6,10-13,20,23H,7-9,14-19,21-22H2,1-3H3,(H,32,36)/t29-,30-. The Labute approximate surface area is 226 Å². The molecule has 8 heteroatoms. The zero-order chi connectivity index (χ0) is 26.8. The molecule has 1 aromatic heterocycles. The number of nitrogens with zero attached hydrogens (tertiary/aromatic N) is 4. The van der Waals surface area contributed by atoms with Crippen molar-refractivity contribution >= 4 is 17.6 Å². The van der Waals surface area contributed by atoms with Crippen LogP contribution in [-0.2, 0) is 10.3 Å². The van der Waals surface area contributed by atoms with Crippen LogP contribution in [0.15, 0.2) is 48.7 Å². The second-order valence-electron chi connectivity index (χ2n) is 11.5. The molecule has 0 atom stereocenters. The summed E-state index contributed by atoms with van der Waals surface area (Å²) < 4.78 is 5.08. The third kappa shape index (κ3) is 5.10. The molecule has 0 radical (unpaired) electrons. The topological polar surface area (TPSA) is 78.0 Å². The van der Waals surface area contributed by atoms with Crippen LogP contribution < -0.4 is 10.1 Å². The number of ether oxygens (including phenoxy) is 1. The summed E-state index contributed by atoms with van der Waals surface area (Å²) in [6, 6.07) is 14.4. The fourth-order valence-electron chi connectivity index (χ4n) is 6.60. The van der Waals surface area contributed by atoms with Crippen LogP contribution in [0.1, 0.15) is 56.9 Å². The maximum absolute atomic E-state index is 13.7. The summed E-state index contributed by atoms with van der Waals surface area (Å²) in [5.41, 5.74) is 1.81. The Balaban J connectivity index is 1.27. The van der Waals surface area contributed by atoms with Gasteiger partial charge in [0.1, 0.15) is 0 Å². The summed E-state index contributed by atoms with van der Waals surface area (Å²) in [5.74, 6) is 0.993. The molecule has 1 saturated heterocycles. The lowest BCUT2D eigenvalue weighted by atomic mass is 9.68. The van der Waals surface area contributed by atoms with E-state index in [4.69, 9.17) is 4.74 Å². The number of benzene rings is 1. The molecule has 38 heavy (non-hydrogen) atoms. The molecular formula is C30H41N5O3. The molecule has 2 saturated carbocycles. The first-order valence-corrected chi connectivity index (χ1v) is 13.9. The number of nitrogens with one attached hydrogen (secondary N) is 1. The Morgan fingerprint density at radius 1 is 1.11 bits per heavy atom. The first-order chi connectivity index (χ1) is 18.3. The molecule has 204 valence electrons. The van der Waals surface area contributed by atoms with E-state index in [1.54, 1.807) is 25.4 Å². The number of rotatable bonds is 9. The van der Waals surface area contributed by atoms with Gasteiger partial charge in [-0.15, -0.1) is 0 Å². The number of methoxy groups -OCH3 is 1. The number of hydrogen-bond donors (Lipinski definition) is 1. The molecule has 2 aromatic rings. The van der Waals surface area contributed by atoms with Gasteiger partial charge in [-0.2, -0.15) is 0 Å². The SMILES string of the molecule is COc1ccc(NC(=O)CCN2C[C@]3(CC[C@@](c4ccccc4)(N(C)C)CC3)N(CC3CCC3)C2=O)cn1. The molecule has 0 bridgehead atoms. The van der Waals surface area contributed by atoms with Crippen LogP contribution in [0.4, 0.5) is 10.5 Å². The fourth-order valence-corrected chi connectivity index (χ4v) is 6.60. The number of carbonyl (C=O) groups excluding carboxylic acids is 2. The molecule has 3 amide bonds. The molecule has 2 heterocycles. The Morgan fingerprint density at radius 3 is 2.42 bits per heavy atom. The van der Waals surface area contributed by atoms with Crippen LogP contribution in [0.25, 0.3) is 0 Å². The van der Waals surface area contributed by atoms with E-state index in [-0.39, 0.29) is 29.4 Å². The lowest BCUT2D eigenvalue weighted by molar-refractivity contribution is -0.116. The van der Waals surface area contributed by atoms with Crippen molar-refractivity contribution in [3.63, 3.8) is 0 Å². The molecule has 3 aliphatic rings. The molecule has 8 nitrogen and oxygen atoms in total. The van der Waals surface area contributed by atoms with E-state index >= 15 is 0 Å². The summed E-state index contributed by atoms with van der Waals surface area (Å²) in [4.78, 5) is 37.1. The van der Waals surface area contributed by atoms with Crippen molar-refractivity contribution in [1.29, 1.82) is 0 Å². The Bertz CT molecular complexity index is 1110. The maximum Gasteiger partial charge on any atom is 0.320 e. The molecule has 1 spiro atoms. The van der Waals surface area contributed by atoms with Crippen molar-refractivity contribution in [3.05, 3.63) is 54.2 Å². The highest BCUT2D eigenvalue weighted by atomic mass is 16.5. The van der Waals surface area contributed by atoms with Gasteiger partial charge in [0.05, 0.1) is 24.5 Å². The molecule has 5 rings (SSSR count). The predicted molar refractivity (Wildman–Crippen MR) is 148 cm³/mol. The first-order valence-electron chi connectivity index (χ1n) is 13.9. The van der Waals surface area contributed by atoms with Gasteiger partial charge in [-0.1, -0.05) is 36.8 Å². The zero-order valence-electron chi connectivity index (χ0n) is 23.0. The Hall–Kier alpha value is -3.13. The van der Waals surface area contributed by atoms with Gasteiger partial charge in [0.2, 0.25) is 11.8 Å². The van der Waals surface area contributed by atoms with Crippen molar-refractivity contribution in [2.45, 2.75) is 62.4 Å². The normalized spacial score (nSPS) is 25.6. The minimum atomic E-state index is -0.155. The number of pyridine rings is 1. The van der Waals surface area contributed by atoms with Crippen LogP contribution in [0.3, 0.4) is 0 Å². The van der Waals surface area contributed by atoms with E-state index in [1.807, 2.05) is 4.90 Å². The quantitative estimate of drug-likeness (QED) is 0.518.